The average molecular weight is 384 g/mol. The summed E-state index contributed by atoms with van der Waals surface area (Å²) in [7, 11) is 0. The Morgan fingerprint density at radius 1 is 1.28 bits per heavy atom. The van der Waals surface area contributed by atoms with Gasteiger partial charge in [0.25, 0.3) is 5.91 Å². The second-order valence-corrected chi connectivity index (χ2v) is 6.52. The molecule has 8 heteroatoms. The molecule has 0 spiro atoms. The van der Waals surface area contributed by atoms with Crippen molar-refractivity contribution in [3.8, 4) is 0 Å². The summed E-state index contributed by atoms with van der Waals surface area (Å²) in [6, 6.07) is 5.01. The predicted octanol–water partition coefficient (Wildman–Crippen LogP) is 4.13. The fraction of sp³-hybridized carbons (Fsp3) is 0.176. The Morgan fingerprint density at radius 3 is 2.72 bits per heavy atom. The molecular formula is C17H16ClF2N3OS. The molecule has 0 radical (unpaired) electrons. The highest BCUT2D eigenvalue weighted by molar-refractivity contribution is 7.21. The van der Waals surface area contributed by atoms with E-state index in [2.05, 4.69) is 10.3 Å². The number of halogens is 3. The molecule has 0 fully saturated rings. The van der Waals surface area contributed by atoms with E-state index < -0.39 is 17.5 Å². The lowest BCUT2D eigenvalue weighted by Crippen LogP contribution is -2.23. The van der Waals surface area contributed by atoms with Gasteiger partial charge in [-0.3, -0.25) is 4.79 Å². The molecule has 1 amide bonds. The zero-order valence-corrected chi connectivity index (χ0v) is 15.2. The summed E-state index contributed by atoms with van der Waals surface area (Å²) >= 11 is 1.19. The molecule has 0 saturated heterocycles. The van der Waals surface area contributed by atoms with Gasteiger partial charge in [0.2, 0.25) is 0 Å². The van der Waals surface area contributed by atoms with Crippen LogP contribution < -0.4 is 11.1 Å². The maximum atomic E-state index is 13.6. The number of carbonyl (C=O) groups is 1. The molecule has 25 heavy (non-hydrogen) atoms. The van der Waals surface area contributed by atoms with Crippen LogP contribution in [-0.4, -0.2) is 10.9 Å². The number of hydrogen-bond acceptors (Lipinski definition) is 4. The normalized spacial score (nSPS) is 10.6. The van der Waals surface area contributed by atoms with Crippen molar-refractivity contribution in [2.45, 2.75) is 20.4 Å². The van der Waals surface area contributed by atoms with Crippen LogP contribution in [-0.2, 0) is 6.54 Å². The summed E-state index contributed by atoms with van der Waals surface area (Å²) in [5.41, 5.74) is 8.31. The number of carbonyl (C=O) groups excluding carboxylic acids is 1. The largest absolute Gasteiger partial charge is 0.397 e. The molecule has 0 unspecified atom stereocenters. The Morgan fingerprint density at radius 2 is 2.00 bits per heavy atom. The number of aryl methyl sites for hydroxylation is 2. The first-order valence-electron chi connectivity index (χ1n) is 7.25. The van der Waals surface area contributed by atoms with Crippen LogP contribution in [0.4, 0.5) is 14.5 Å². The highest BCUT2D eigenvalue weighted by Crippen LogP contribution is 2.34. The number of nitrogens with two attached hydrogens (primary N) is 1. The van der Waals surface area contributed by atoms with E-state index in [9.17, 15) is 13.6 Å². The molecule has 2 heterocycles. The van der Waals surface area contributed by atoms with E-state index >= 15 is 0 Å². The van der Waals surface area contributed by atoms with Gasteiger partial charge in [0.05, 0.1) is 5.69 Å². The van der Waals surface area contributed by atoms with Crippen molar-refractivity contribution in [2.24, 2.45) is 0 Å². The number of anilines is 1. The highest BCUT2D eigenvalue weighted by Gasteiger charge is 2.19. The van der Waals surface area contributed by atoms with Crippen molar-refractivity contribution < 1.29 is 13.6 Å². The van der Waals surface area contributed by atoms with Crippen LogP contribution in [0, 0.1) is 25.5 Å². The summed E-state index contributed by atoms with van der Waals surface area (Å²) in [4.78, 5) is 17.8. The maximum absolute atomic E-state index is 13.6. The Hall–Kier alpha value is -2.25. The number of benzene rings is 1. The standard InChI is InChI=1S/C17H15F2N3OS.ClH/c1-8-5-9(2)22-17-13(8)14(20)15(24-17)16(23)21-7-10-6-11(18)3-4-12(10)19;/h3-6H,7,20H2,1-2H3,(H,21,23);1H. The van der Waals surface area contributed by atoms with Crippen LogP contribution in [0.3, 0.4) is 0 Å². The topological polar surface area (TPSA) is 68.0 Å². The number of nitrogens with one attached hydrogen (secondary N) is 1. The number of aromatic nitrogens is 1. The van der Waals surface area contributed by atoms with Gasteiger partial charge in [-0.15, -0.1) is 23.7 Å². The smallest absolute Gasteiger partial charge is 0.263 e. The molecular weight excluding hydrogens is 368 g/mol. The van der Waals surface area contributed by atoms with Crippen molar-refractivity contribution in [3.05, 3.63) is 57.6 Å². The van der Waals surface area contributed by atoms with Gasteiger partial charge in [0.1, 0.15) is 21.3 Å². The van der Waals surface area contributed by atoms with Crippen LogP contribution in [0.5, 0.6) is 0 Å². The quantitative estimate of drug-likeness (QED) is 0.714. The van der Waals surface area contributed by atoms with Crippen LogP contribution >= 0.6 is 23.7 Å². The number of rotatable bonds is 3. The molecule has 2 aromatic heterocycles. The lowest BCUT2D eigenvalue weighted by molar-refractivity contribution is 0.0955. The van der Waals surface area contributed by atoms with E-state index in [0.29, 0.717) is 15.4 Å². The summed E-state index contributed by atoms with van der Waals surface area (Å²) in [6.07, 6.45) is 0. The zero-order valence-electron chi connectivity index (χ0n) is 13.5. The minimum absolute atomic E-state index is 0. The Bertz CT molecular complexity index is 959. The van der Waals surface area contributed by atoms with E-state index in [1.165, 1.54) is 11.3 Å². The fourth-order valence-corrected chi connectivity index (χ4v) is 3.71. The van der Waals surface area contributed by atoms with Gasteiger partial charge in [-0.1, -0.05) is 0 Å². The van der Waals surface area contributed by atoms with Crippen LogP contribution in [0.25, 0.3) is 10.2 Å². The Labute approximate surface area is 153 Å². The average Bonchev–Trinajstić information content (AvgIpc) is 2.84. The van der Waals surface area contributed by atoms with Gasteiger partial charge in [0.15, 0.2) is 0 Å². The fourth-order valence-electron chi connectivity index (χ4n) is 2.57. The molecule has 0 bridgehead atoms. The van der Waals surface area contributed by atoms with Gasteiger partial charge in [-0.05, 0) is 43.7 Å². The van der Waals surface area contributed by atoms with Crippen LogP contribution in [0.15, 0.2) is 24.3 Å². The summed E-state index contributed by atoms with van der Waals surface area (Å²) in [6.45, 7) is 3.65. The van der Waals surface area contributed by atoms with Crippen molar-refractivity contribution in [2.75, 3.05) is 5.73 Å². The number of nitrogens with zero attached hydrogens (tertiary/aromatic N) is 1. The van der Waals surface area contributed by atoms with E-state index in [4.69, 9.17) is 5.73 Å². The molecule has 3 aromatic rings. The predicted molar refractivity (Wildman–Crippen MR) is 98.3 cm³/mol. The van der Waals surface area contributed by atoms with Crippen molar-refractivity contribution in [1.82, 2.24) is 10.3 Å². The molecule has 3 rings (SSSR count). The van der Waals surface area contributed by atoms with Crippen LogP contribution in [0.1, 0.15) is 26.5 Å². The summed E-state index contributed by atoms with van der Waals surface area (Å²) in [5, 5.41) is 3.33. The van der Waals surface area contributed by atoms with Gasteiger partial charge in [0, 0.05) is 23.2 Å². The summed E-state index contributed by atoms with van der Waals surface area (Å²) in [5.74, 6) is -1.57. The van der Waals surface area contributed by atoms with Crippen molar-refractivity contribution >= 4 is 45.6 Å². The molecule has 3 N–H and O–H groups in total. The molecule has 0 saturated carbocycles. The lowest BCUT2D eigenvalue weighted by Gasteiger charge is -2.06. The number of thiophene rings is 1. The van der Waals surface area contributed by atoms with Crippen molar-refractivity contribution in [1.29, 1.82) is 0 Å². The SMILES string of the molecule is Cc1cc(C)c2c(N)c(C(=O)NCc3cc(F)ccc3F)sc2n1.Cl. The van der Waals surface area contributed by atoms with Crippen molar-refractivity contribution in [3.63, 3.8) is 0 Å². The monoisotopic (exact) mass is 383 g/mol. The Kier molecular flexibility index (Phi) is 5.59. The zero-order chi connectivity index (χ0) is 17.4. The second-order valence-electron chi connectivity index (χ2n) is 5.52. The first-order valence-corrected chi connectivity index (χ1v) is 8.07. The highest BCUT2D eigenvalue weighted by atomic mass is 35.5. The third kappa shape index (κ3) is 3.72. The molecule has 132 valence electrons. The molecule has 0 aliphatic rings. The molecule has 0 atom stereocenters. The number of nitrogen functional groups attached to an aromatic ring is 1. The van der Waals surface area contributed by atoms with E-state index in [1.54, 1.807) is 0 Å². The molecule has 1 aromatic carbocycles. The lowest BCUT2D eigenvalue weighted by atomic mass is 10.1. The maximum Gasteiger partial charge on any atom is 0.263 e. The van der Waals surface area contributed by atoms with Gasteiger partial charge in [-0.25, -0.2) is 13.8 Å². The molecule has 0 aliphatic carbocycles. The van der Waals surface area contributed by atoms with Gasteiger partial charge in [-0.2, -0.15) is 0 Å². The molecule has 4 nitrogen and oxygen atoms in total. The van der Waals surface area contributed by atoms with Gasteiger partial charge < -0.3 is 11.1 Å². The van der Waals surface area contributed by atoms with Gasteiger partial charge >= 0.3 is 0 Å². The second kappa shape index (κ2) is 7.33. The van der Waals surface area contributed by atoms with Crippen LogP contribution in [0.2, 0.25) is 0 Å². The summed E-state index contributed by atoms with van der Waals surface area (Å²) < 4.78 is 26.8. The van der Waals surface area contributed by atoms with E-state index in [1.807, 2.05) is 19.9 Å². The first-order chi connectivity index (χ1) is 11.4. The molecule has 0 aliphatic heterocycles. The Balaban J connectivity index is 0.00000225. The first kappa shape index (κ1) is 19.1. The number of amides is 1. The minimum Gasteiger partial charge on any atom is -0.397 e. The van der Waals surface area contributed by atoms with E-state index in [-0.39, 0.29) is 24.5 Å². The number of fused-ring (bicyclic) bond motifs is 1. The number of hydrogen-bond donors (Lipinski definition) is 2. The number of pyridine rings is 1. The minimum atomic E-state index is -0.575. The third-order valence-corrected chi connectivity index (χ3v) is 4.78. The van der Waals surface area contributed by atoms with E-state index in [0.717, 1.165) is 34.8 Å². The third-order valence-electron chi connectivity index (χ3n) is 3.68.